The van der Waals surface area contributed by atoms with E-state index >= 15 is 0 Å². The molecule has 1 saturated heterocycles. The molecule has 0 bridgehead atoms. The summed E-state index contributed by atoms with van der Waals surface area (Å²) in [5.74, 6) is 0.0461. The third-order valence-corrected chi connectivity index (χ3v) is 5.78. The predicted octanol–water partition coefficient (Wildman–Crippen LogP) is 5.62. The molecule has 0 atom stereocenters. The van der Waals surface area contributed by atoms with Crippen molar-refractivity contribution >= 4 is 75.1 Å². The molecule has 2 aromatic carbocycles. The summed E-state index contributed by atoms with van der Waals surface area (Å²) in [6.07, 6.45) is 1.77. The van der Waals surface area contributed by atoms with Crippen molar-refractivity contribution in [2.45, 2.75) is 19.9 Å². The minimum absolute atomic E-state index is 0.00552. The molecule has 0 saturated carbocycles. The molecule has 0 aliphatic carbocycles. The van der Waals surface area contributed by atoms with Gasteiger partial charge >= 0.3 is 0 Å². The summed E-state index contributed by atoms with van der Waals surface area (Å²) in [5.41, 5.74) is 1.26. The Morgan fingerprint density at radius 3 is 2.57 bits per heavy atom. The summed E-state index contributed by atoms with van der Waals surface area (Å²) < 4.78 is 6.13. The number of hydrogen-bond donors (Lipinski definition) is 1. The summed E-state index contributed by atoms with van der Waals surface area (Å²) in [7, 11) is 0. The molecule has 0 radical (unpaired) electrons. The SMILES string of the molecule is CC(C)N1C(=O)/C(=C/c2cccc(OCC(=O)Nc3cc(Cl)cc(Cl)c3)c2)SC1=S. The maximum atomic E-state index is 12.5. The van der Waals surface area contributed by atoms with Crippen molar-refractivity contribution in [3.05, 3.63) is 63.0 Å². The Balaban J connectivity index is 1.64. The third kappa shape index (κ3) is 5.76. The number of amides is 2. The average molecular weight is 481 g/mol. The summed E-state index contributed by atoms with van der Waals surface area (Å²) in [6, 6.07) is 11.9. The lowest BCUT2D eigenvalue weighted by atomic mass is 10.2. The van der Waals surface area contributed by atoms with Crippen LogP contribution in [0.4, 0.5) is 5.69 Å². The van der Waals surface area contributed by atoms with Crippen molar-refractivity contribution in [1.82, 2.24) is 4.90 Å². The quantitative estimate of drug-likeness (QED) is 0.429. The van der Waals surface area contributed by atoms with Crippen LogP contribution in [0.1, 0.15) is 19.4 Å². The van der Waals surface area contributed by atoms with E-state index in [1.54, 1.807) is 47.4 Å². The van der Waals surface area contributed by atoms with Crippen LogP contribution in [0.25, 0.3) is 6.08 Å². The Labute approximate surface area is 194 Å². The van der Waals surface area contributed by atoms with Crippen LogP contribution in [0.15, 0.2) is 47.4 Å². The number of thiocarbonyl (C=S) groups is 1. The Kier molecular flexibility index (Phi) is 7.41. The first kappa shape index (κ1) is 22.6. The molecule has 1 heterocycles. The average Bonchev–Trinajstić information content (AvgIpc) is 2.93. The van der Waals surface area contributed by atoms with Gasteiger partial charge in [0.15, 0.2) is 6.61 Å². The Bertz CT molecular complexity index is 1020. The first-order valence-electron chi connectivity index (χ1n) is 8.99. The van der Waals surface area contributed by atoms with Gasteiger partial charge in [-0.05, 0) is 55.8 Å². The number of carbonyl (C=O) groups is 2. The Morgan fingerprint density at radius 1 is 1.23 bits per heavy atom. The smallest absolute Gasteiger partial charge is 0.266 e. The number of benzene rings is 2. The van der Waals surface area contributed by atoms with E-state index in [1.807, 2.05) is 19.9 Å². The predicted molar refractivity (Wildman–Crippen MR) is 127 cm³/mol. The van der Waals surface area contributed by atoms with Crippen LogP contribution >= 0.6 is 47.2 Å². The number of rotatable bonds is 6. The maximum absolute atomic E-state index is 12.5. The molecule has 0 unspecified atom stereocenters. The van der Waals surface area contributed by atoms with Gasteiger partial charge in [0.05, 0.1) is 4.91 Å². The highest BCUT2D eigenvalue weighted by Gasteiger charge is 2.33. The highest BCUT2D eigenvalue weighted by molar-refractivity contribution is 8.26. The topological polar surface area (TPSA) is 58.6 Å². The zero-order chi connectivity index (χ0) is 21.8. The normalized spacial score (nSPS) is 15.2. The van der Waals surface area contributed by atoms with Gasteiger partial charge in [-0.25, -0.2) is 0 Å². The van der Waals surface area contributed by atoms with E-state index in [9.17, 15) is 9.59 Å². The second-order valence-electron chi connectivity index (χ2n) is 6.71. The van der Waals surface area contributed by atoms with E-state index in [-0.39, 0.29) is 24.5 Å². The number of halogens is 2. The van der Waals surface area contributed by atoms with Crippen molar-refractivity contribution in [3.63, 3.8) is 0 Å². The van der Waals surface area contributed by atoms with Crippen LogP contribution in [0, 0.1) is 0 Å². The van der Waals surface area contributed by atoms with Gasteiger partial charge in [-0.15, -0.1) is 0 Å². The van der Waals surface area contributed by atoms with E-state index in [0.717, 1.165) is 5.56 Å². The van der Waals surface area contributed by atoms with Crippen LogP contribution in [0.3, 0.4) is 0 Å². The fourth-order valence-electron chi connectivity index (χ4n) is 2.74. The molecular weight excluding hydrogens is 463 g/mol. The molecule has 2 amide bonds. The zero-order valence-electron chi connectivity index (χ0n) is 16.1. The molecule has 1 aliphatic rings. The largest absolute Gasteiger partial charge is 0.484 e. The monoisotopic (exact) mass is 480 g/mol. The number of nitrogens with zero attached hydrogens (tertiary/aromatic N) is 1. The van der Waals surface area contributed by atoms with Crippen LogP contribution in [-0.4, -0.2) is 33.7 Å². The lowest BCUT2D eigenvalue weighted by Gasteiger charge is -2.18. The van der Waals surface area contributed by atoms with Crippen LogP contribution in [-0.2, 0) is 9.59 Å². The van der Waals surface area contributed by atoms with Crippen molar-refractivity contribution < 1.29 is 14.3 Å². The second-order valence-corrected chi connectivity index (χ2v) is 9.26. The van der Waals surface area contributed by atoms with Gasteiger partial charge in [-0.1, -0.05) is 59.3 Å². The second kappa shape index (κ2) is 9.83. The molecule has 30 heavy (non-hydrogen) atoms. The summed E-state index contributed by atoms with van der Waals surface area (Å²) in [5, 5.41) is 3.53. The van der Waals surface area contributed by atoms with Gasteiger partial charge < -0.3 is 10.1 Å². The van der Waals surface area contributed by atoms with E-state index in [4.69, 9.17) is 40.2 Å². The standard InChI is InChI=1S/C21H18Cl2N2O3S2/c1-12(2)25-20(27)18(30-21(25)29)7-13-4-3-5-17(6-13)28-11-19(26)24-16-9-14(22)8-15(23)10-16/h3-10,12H,11H2,1-2H3,(H,24,26)/b18-7-. The summed E-state index contributed by atoms with van der Waals surface area (Å²) >= 11 is 18.4. The fraction of sp³-hybridized carbons (Fsp3) is 0.190. The van der Waals surface area contributed by atoms with Gasteiger partial charge in [-0.2, -0.15) is 0 Å². The number of nitrogens with one attached hydrogen (secondary N) is 1. The molecular formula is C21H18Cl2N2O3S2. The number of hydrogen-bond acceptors (Lipinski definition) is 5. The molecule has 3 rings (SSSR count). The molecule has 1 fully saturated rings. The van der Waals surface area contributed by atoms with E-state index in [2.05, 4.69) is 5.32 Å². The van der Waals surface area contributed by atoms with Gasteiger partial charge in [0, 0.05) is 21.8 Å². The van der Waals surface area contributed by atoms with E-state index < -0.39 is 0 Å². The highest BCUT2D eigenvalue weighted by atomic mass is 35.5. The van der Waals surface area contributed by atoms with Gasteiger partial charge in [0.1, 0.15) is 10.1 Å². The number of anilines is 1. The van der Waals surface area contributed by atoms with E-state index in [0.29, 0.717) is 30.7 Å². The molecule has 2 aromatic rings. The first-order valence-corrected chi connectivity index (χ1v) is 11.0. The number of carbonyl (C=O) groups excluding carboxylic acids is 2. The lowest BCUT2D eigenvalue weighted by Crippen LogP contribution is -2.34. The molecule has 0 aromatic heterocycles. The van der Waals surface area contributed by atoms with Crippen LogP contribution in [0.5, 0.6) is 5.75 Å². The summed E-state index contributed by atoms with van der Waals surface area (Å²) in [4.78, 5) is 26.8. The molecule has 5 nitrogen and oxygen atoms in total. The van der Waals surface area contributed by atoms with Crippen molar-refractivity contribution in [2.75, 3.05) is 11.9 Å². The van der Waals surface area contributed by atoms with Gasteiger partial charge in [0.25, 0.3) is 11.8 Å². The van der Waals surface area contributed by atoms with E-state index in [1.165, 1.54) is 11.8 Å². The van der Waals surface area contributed by atoms with Crippen molar-refractivity contribution in [2.24, 2.45) is 0 Å². The minimum Gasteiger partial charge on any atom is -0.484 e. The molecule has 1 aliphatic heterocycles. The van der Waals surface area contributed by atoms with Crippen LogP contribution in [0.2, 0.25) is 10.0 Å². The first-order chi connectivity index (χ1) is 14.2. The van der Waals surface area contributed by atoms with Crippen molar-refractivity contribution in [3.8, 4) is 5.75 Å². The number of ether oxygens (including phenoxy) is 1. The molecule has 0 spiro atoms. The van der Waals surface area contributed by atoms with Crippen molar-refractivity contribution in [1.29, 1.82) is 0 Å². The Hall–Kier alpha value is -2.06. The third-order valence-electron chi connectivity index (χ3n) is 4.01. The van der Waals surface area contributed by atoms with Gasteiger partial charge in [-0.3, -0.25) is 14.5 Å². The zero-order valence-corrected chi connectivity index (χ0v) is 19.3. The fourth-order valence-corrected chi connectivity index (χ4v) is 4.79. The van der Waals surface area contributed by atoms with Gasteiger partial charge in [0.2, 0.25) is 0 Å². The minimum atomic E-state index is -0.350. The molecule has 156 valence electrons. The number of thioether (sulfide) groups is 1. The molecule has 9 heteroatoms. The molecule has 1 N–H and O–H groups in total. The lowest BCUT2D eigenvalue weighted by molar-refractivity contribution is -0.123. The summed E-state index contributed by atoms with van der Waals surface area (Å²) in [6.45, 7) is 3.65. The van der Waals surface area contributed by atoms with Crippen LogP contribution < -0.4 is 10.1 Å². The highest BCUT2D eigenvalue weighted by Crippen LogP contribution is 2.34. The Morgan fingerprint density at radius 2 is 1.93 bits per heavy atom. The maximum Gasteiger partial charge on any atom is 0.266 e.